The molecule has 2 heterocycles. The molecule has 1 aromatic carbocycles. The predicted octanol–water partition coefficient (Wildman–Crippen LogP) is 4.11. The molecule has 0 saturated carbocycles. The third kappa shape index (κ3) is 6.73. The van der Waals surface area contributed by atoms with Gasteiger partial charge < -0.3 is 20.1 Å². The summed E-state index contributed by atoms with van der Waals surface area (Å²) in [4.78, 5) is 29.9. The van der Waals surface area contributed by atoms with E-state index < -0.39 is 6.04 Å². The maximum Gasteiger partial charge on any atom is 0.252 e. The number of rotatable bonds is 10. The Kier molecular flexibility index (Phi) is 9.36. The van der Waals surface area contributed by atoms with Gasteiger partial charge in [-0.3, -0.25) is 14.5 Å². The Morgan fingerprint density at radius 1 is 1.12 bits per heavy atom. The average molecular weight is 488 g/mol. The van der Waals surface area contributed by atoms with Gasteiger partial charge in [-0.25, -0.2) is 0 Å². The van der Waals surface area contributed by atoms with Crippen LogP contribution in [0.2, 0.25) is 0 Å². The highest BCUT2D eigenvalue weighted by Gasteiger charge is 2.29. The number of amides is 2. The van der Waals surface area contributed by atoms with Gasteiger partial charge in [0.25, 0.3) is 5.91 Å². The van der Waals surface area contributed by atoms with E-state index in [4.69, 9.17) is 9.47 Å². The molecule has 34 heavy (non-hydrogen) atoms. The van der Waals surface area contributed by atoms with Crippen molar-refractivity contribution in [3.8, 4) is 11.5 Å². The summed E-state index contributed by atoms with van der Waals surface area (Å²) in [6.07, 6.45) is 2.34. The number of methoxy groups -OCH3 is 2. The first kappa shape index (κ1) is 26.0. The summed E-state index contributed by atoms with van der Waals surface area (Å²) < 4.78 is 10.5. The molecule has 0 spiro atoms. The molecule has 0 unspecified atom stereocenters. The number of hydrogen-bond donors (Lipinski definition) is 2. The molecule has 3 rings (SSSR count). The smallest absolute Gasteiger partial charge is 0.252 e. The van der Waals surface area contributed by atoms with Crippen LogP contribution in [0.4, 0.5) is 0 Å². The third-order valence-electron chi connectivity index (χ3n) is 6.45. The van der Waals surface area contributed by atoms with Crippen molar-refractivity contribution in [2.24, 2.45) is 11.8 Å². The summed E-state index contributed by atoms with van der Waals surface area (Å²) in [6, 6.07) is 8.65. The Hall–Kier alpha value is -2.58. The second-order valence-electron chi connectivity index (χ2n) is 9.29. The number of carbonyl (C=O) groups is 2. The topological polar surface area (TPSA) is 79.9 Å². The van der Waals surface area contributed by atoms with Crippen molar-refractivity contribution in [2.75, 3.05) is 33.9 Å². The molecule has 186 valence electrons. The van der Waals surface area contributed by atoms with Gasteiger partial charge in [-0.15, -0.1) is 11.3 Å². The van der Waals surface area contributed by atoms with Crippen molar-refractivity contribution < 1.29 is 19.1 Å². The Labute approximate surface area is 206 Å². The van der Waals surface area contributed by atoms with Crippen LogP contribution in [-0.4, -0.2) is 56.6 Å². The second kappa shape index (κ2) is 12.2. The van der Waals surface area contributed by atoms with Gasteiger partial charge in [-0.1, -0.05) is 26.8 Å². The predicted molar refractivity (Wildman–Crippen MR) is 136 cm³/mol. The van der Waals surface area contributed by atoms with Gasteiger partial charge in [-0.05, 0) is 61.3 Å². The van der Waals surface area contributed by atoms with Crippen molar-refractivity contribution in [3.05, 3.63) is 46.2 Å². The molecule has 2 N–H and O–H groups in total. The van der Waals surface area contributed by atoms with E-state index in [0.29, 0.717) is 23.6 Å². The molecule has 7 nitrogen and oxygen atoms in total. The van der Waals surface area contributed by atoms with E-state index in [1.807, 2.05) is 13.8 Å². The van der Waals surface area contributed by atoms with E-state index in [1.165, 1.54) is 31.9 Å². The van der Waals surface area contributed by atoms with Crippen LogP contribution in [0.5, 0.6) is 11.5 Å². The van der Waals surface area contributed by atoms with Crippen molar-refractivity contribution in [1.29, 1.82) is 0 Å². The van der Waals surface area contributed by atoms with Crippen molar-refractivity contribution >= 4 is 23.2 Å². The summed E-state index contributed by atoms with van der Waals surface area (Å²) in [6.45, 7) is 8.73. The molecule has 1 aliphatic heterocycles. The van der Waals surface area contributed by atoms with Crippen LogP contribution in [-0.2, 0) is 4.79 Å². The van der Waals surface area contributed by atoms with E-state index in [-0.39, 0.29) is 23.8 Å². The number of ether oxygens (including phenoxy) is 2. The van der Waals surface area contributed by atoms with Gasteiger partial charge in [0.15, 0.2) is 0 Å². The van der Waals surface area contributed by atoms with Crippen LogP contribution in [0.15, 0.2) is 35.7 Å². The fourth-order valence-electron chi connectivity index (χ4n) is 4.24. The van der Waals surface area contributed by atoms with Crippen LogP contribution in [0.1, 0.15) is 54.9 Å². The number of nitrogens with zero attached hydrogens (tertiary/aromatic N) is 1. The minimum atomic E-state index is -0.657. The normalized spacial score (nSPS) is 16.6. The van der Waals surface area contributed by atoms with Gasteiger partial charge >= 0.3 is 0 Å². The standard InChI is InChI=1S/C26H37N3O4S/c1-17(2)24(28-25(30)19-13-20(32-4)15-21(14-19)33-5)26(31)27-16-22(23-7-6-12-34-23)29-10-8-18(3)9-11-29/h6-7,12-15,17-18,22,24H,8-11,16H2,1-5H3,(H,27,31)(H,28,30)/t22-,24-/m1/s1. The molecule has 1 saturated heterocycles. The summed E-state index contributed by atoms with van der Waals surface area (Å²) in [7, 11) is 3.07. The largest absolute Gasteiger partial charge is 0.497 e. The highest BCUT2D eigenvalue weighted by atomic mass is 32.1. The lowest BCUT2D eigenvalue weighted by Gasteiger charge is -2.36. The summed E-state index contributed by atoms with van der Waals surface area (Å²) in [5.41, 5.74) is 0.383. The number of benzene rings is 1. The van der Waals surface area contributed by atoms with Crippen molar-refractivity contribution in [1.82, 2.24) is 15.5 Å². The first-order chi connectivity index (χ1) is 16.3. The first-order valence-electron chi connectivity index (χ1n) is 11.9. The molecular weight excluding hydrogens is 450 g/mol. The fraction of sp³-hybridized carbons (Fsp3) is 0.538. The highest BCUT2D eigenvalue weighted by molar-refractivity contribution is 7.10. The molecule has 2 amide bonds. The number of hydrogen-bond acceptors (Lipinski definition) is 6. The summed E-state index contributed by atoms with van der Waals surface area (Å²) >= 11 is 1.72. The lowest BCUT2D eigenvalue weighted by Crippen LogP contribution is -2.51. The quantitative estimate of drug-likeness (QED) is 0.527. The molecule has 2 aromatic rings. The number of likely N-dealkylation sites (tertiary alicyclic amines) is 1. The molecule has 1 aliphatic rings. The van der Waals surface area contributed by atoms with Gasteiger partial charge in [0.2, 0.25) is 5.91 Å². The molecule has 0 bridgehead atoms. The van der Waals surface area contributed by atoms with Gasteiger partial charge in [0, 0.05) is 23.1 Å². The van der Waals surface area contributed by atoms with Crippen LogP contribution in [0.25, 0.3) is 0 Å². The zero-order valence-corrected chi connectivity index (χ0v) is 21.6. The minimum absolute atomic E-state index is 0.0764. The third-order valence-corrected chi connectivity index (χ3v) is 7.42. The molecule has 0 aliphatic carbocycles. The molecule has 2 atom stereocenters. The van der Waals surface area contributed by atoms with Crippen LogP contribution in [0.3, 0.4) is 0 Å². The van der Waals surface area contributed by atoms with E-state index in [2.05, 4.69) is 40.0 Å². The number of thiophene rings is 1. The maximum absolute atomic E-state index is 13.2. The number of carbonyl (C=O) groups excluding carboxylic acids is 2. The lowest BCUT2D eigenvalue weighted by atomic mass is 9.97. The van der Waals surface area contributed by atoms with E-state index in [0.717, 1.165) is 19.0 Å². The Morgan fingerprint density at radius 3 is 2.29 bits per heavy atom. The summed E-state index contributed by atoms with van der Waals surface area (Å²) in [5.74, 6) is 1.18. The van der Waals surface area contributed by atoms with E-state index in [1.54, 1.807) is 29.5 Å². The Morgan fingerprint density at radius 2 is 1.76 bits per heavy atom. The van der Waals surface area contributed by atoms with Crippen molar-refractivity contribution in [2.45, 2.75) is 45.7 Å². The van der Waals surface area contributed by atoms with Crippen molar-refractivity contribution in [3.63, 3.8) is 0 Å². The molecule has 0 radical (unpaired) electrons. The Bertz CT molecular complexity index is 917. The Balaban J connectivity index is 1.68. The minimum Gasteiger partial charge on any atom is -0.497 e. The zero-order valence-electron chi connectivity index (χ0n) is 20.8. The lowest BCUT2D eigenvalue weighted by molar-refractivity contribution is -0.124. The molecule has 1 fully saturated rings. The average Bonchev–Trinajstić information content (AvgIpc) is 3.37. The highest BCUT2D eigenvalue weighted by Crippen LogP contribution is 2.29. The van der Waals surface area contributed by atoms with Gasteiger partial charge in [-0.2, -0.15) is 0 Å². The fourth-order valence-corrected chi connectivity index (χ4v) is 5.10. The van der Waals surface area contributed by atoms with E-state index >= 15 is 0 Å². The first-order valence-corrected chi connectivity index (χ1v) is 12.8. The van der Waals surface area contributed by atoms with Crippen LogP contribution in [0, 0.1) is 11.8 Å². The monoisotopic (exact) mass is 487 g/mol. The molecular formula is C26H37N3O4S. The van der Waals surface area contributed by atoms with Gasteiger partial charge in [0.05, 0.1) is 20.3 Å². The van der Waals surface area contributed by atoms with E-state index in [9.17, 15) is 9.59 Å². The van der Waals surface area contributed by atoms with Crippen LogP contribution < -0.4 is 20.1 Å². The second-order valence-corrected chi connectivity index (χ2v) is 10.3. The number of nitrogens with one attached hydrogen (secondary N) is 2. The molecule has 8 heteroatoms. The van der Waals surface area contributed by atoms with Crippen LogP contribution >= 0.6 is 11.3 Å². The zero-order chi connectivity index (χ0) is 24.7. The summed E-state index contributed by atoms with van der Waals surface area (Å²) in [5, 5.41) is 8.11. The molecule has 1 aromatic heterocycles. The maximum atomic E-state index is 13.2. The van der Waals surface area contributed by atoms with Gasteiger partial charge in [0.1, 0.15) is 17.5 Å². The SMILES string of the molecule is COc1cc(OC)cc(C(=O)N[C@@H](C(=O)NC[C@H](c2cccs2)N2CCC(C)CC2)C(C)C)c1. The number of piperidine rings is 1.